The zero-order chi connectivity index (χ0) is 15.5. The molecule has 5 nitrogen and oxygen atoms in total. The molecule has 5 heteroatoms. The molecule has 0 atom stereocenters. The summed E-state index contributed by atoms with van der Waals surface area (Å²) in [4.78, 5) is 23.0. The molecular formula is C16H21NO4. The minimum atomic E-state index is -0.582. The maximum Gasteiger partial charge on any atom is 0.412 e. The van der Waals surface area contributed by atoms with Crippen molar-refractivity contribution in [2.24, 2.45) is 5.92 Å². The van der Waals surface area contributed by atoms with Gasteiger partial charge in [-0.2, -0.15) is 0 Å². The van der Waals surface area contributed by atoms with Gasteiger partial charge in [0.05, 0.1) is 17.9 Å². The van der Waals surface area contributed by atoms with Crippen LogP contribution in [-0.4, -0.2) is 24.6 Å². The fourth-order valence-corrected chi connectivity index (χ4v) is 1.81. The zero-order valence-corrected chi connectivity index (χ0v) is 12.6. The van der Waals surface area contributed by atoms with Gasteiger partial charge in [-0.3, -0.25) is 10.1 Å². The highest BCUT2D eigenvalue weighted by molar-refractivity contribution is 5.91. The van der Waals surface area contributed by atoms with E-state index in [0.717, 1.165) is 19.1 Å². The van der Waals surface area contributed by atoms with E-state index in [1.54, 1.807) is 39.0 Å². The van der Waals surface area contributed by atoms with Crippen LogP contribution < -0.4 is 10.1 Å². The van der Waals surface area contributed by atoms with Crippen molar-refractivity contribution < 1.29 is 19.1 Å². The van der Waals surface area contributed by atoms with Crippen LogP contribution in [-0.2, 0) is 4.74 Å². The molecule has 1 amide bonds. The predicted octanol–water partition coefficient (Wildman–Crippen LogP) is 3.63. The van der Waals surface area contributed by atoms with Crippen LogP contribution in [0.3, 0.4) is 0 Å². The number of benzene rings is 1. The Bertz CT molecular complexity index is 530. The average molecular weight is 291 g/mol. The summed E-state index contributed by atoms with van der Waals surface area (Å²) in [5.74, 6) is 0.962. The van der Waals surface area contributed by atoms with Gasteiger partial charge in [-0.1, -0.05) is 6.07 Å². The summed E-state index contributed by atoms with van der Waals surface area (Å²) in [7, 11) is 0. The number of carbonyl (C=O) groups excluding carboxylic acids is 2. The van der Waals surface area contributed by atoms with Crippen LogP contribution in [0.5, 0.6) is 5.75 Å². The number of rotatable bonds is 5. The van der Waals surface area contributed by atoms with Gasteiger partial charge in [0.15, 0.2) is 12.0 Å². The van der Waals surface area contributed by atoms with E-state index in [9.17, 15) is 9.59 Å². The lowest BCUT2D eigenvalue weighted by Crippen LogP contribution is -2.27. The van der Waals surface area contributed by atoms with Gasteiger partial charge in [0, 0.05) is 0 Å². The average Bonchev–Trinajstić information content (AvgIpc) is 3.18. The number of anilines is 1. The largest absolute Gasteiger partial charge is 0.490 e. The first-order valence-corrected chi connectivity index (χ1v) is 7.10. The highest BCUT2D eigenvalue weighted by Crippen LogP contribution is 2.33. The first-order chi connectivity index (χ1) is 9.89. The van der Waals surface area contributed by atoms with Gasteiger partial charge < -0.3 is 9.47 Å². The molecule has 0 radical (unpaired) electrons. The Labute approximate surface area is 124 Å². The van der Waals surface area contributed by atoms with E-state index < -0.39 is 11.7 Å². The molecule has 2 rings (SSSR count). The Hall–Kier alpha value is -2.04. The second-order valence-electron chi connectivity index (χ2n) is 6.22. The molecule has 0 saturated heterocycles. The van der Waals surface area contributed by atoms with Gasteiger partial charge in [0.25, 0.3) is 0 Å². The number of amides is 1. The number of ether oxygens (including phenoxy) is 2. The highest BCUT2D eigenvalue weighted by Gasteiger charge is 2.24. The molecule has 0 aliphatic heterocycles. The van der Waals surface area contributed by atoms with Crippen LogP contribution in [0.1, 0.15) is 44.0 Å². The number of hydrogen-bond acceptors (Lipinski definition) is 4. The summed E-state index contributed by atoms with van der Waals surface area (Å²) in [5.41, 5.74) is 0.292. The molecule has 1 N–H and O–H groups in total. The summed E-state index contributed by atoms with van der Waals surface area (Å²) < 4.78 is 10.9. The molecule has 1 aromatic carbocycles. The van der Waals surface area contributed by atoms with Crippen LogP contribution in [0.2, 0.25) is 0 Å². The molecular weight excluding hydrogens is 270 g/mol. The third-order valence-electron chi connectivity index (χ3n) is 2.97. The highest BCUT2D eigenvalue weighted by atomic mass is 16.6. The van der Waals surface area contributed by atoms with E-state index in [0.29, 0.717) is 29.5 Å². The van der Waals surface area contributed by atoms with Crippen molar-refractivity contribution in [3.8, 4) is 5.75 Å². The fraction of sp³-hybridized carbons (Fsp3) is 0.500. The summed E-state index contributed by atoms with van der Waals surface area (Å²) in [6.45, 7) is 5.94. The lowest BCUT2D eigenvalue weighted by atomic mass is 10.2. The van der Waals surface area contributed by atoms with Gasteiger partial charge >= 0.3 is 6.09 Å². The van der Waals surface area contributed by atoms with E-state index in [-0.39, 0.29) is 0 Å². The lowest BCUT2D eigenvalue weighted by Gasteiger charge is -2.20. The number of aldehydes is 1. The number of para-hydroxylation sites is 1. The maximum atomic E-state index is 11.9. The van der Waals surface area contributed by atoms with Gasteiger partial charge in [0.2, 0.25) is 0 Å². The monoisotopic (exact) mass is 291 g/mol. The number of nitrogens with one attached hydrogen (secondary N) is 1. The maximum absolute atomic E-state index is 11.9. The molecule has 0 unspecified atom stereocenters. The summed E-state index contributed by atoms with van der Waals surface area (Å²) in [6, 6.07) is 5.05. The molecule has 21 heavy (non-hydrogen) atoms. The number of carbonyl (C=O) groups is 2. The van der Waals surface area contributed by atoms with Gasteiger partial charge in [0.1, 0.15) is 5.60 Å². The van der Waals surface area contributed by atoms with Crippen molar-refractivity contribution in [2.45, 2.75) is 39.2 Å². The molecule has 1 fully saturated rings. The first-order valence-electron chi connectivity index (χ1n) is 7.10. The van der Waals surface area contributed by atoms with E-state index >= 15 is 0 Å². The van der Waals surface area contributed by atoms with Crippen molar-refractivity contribution in [3.63, 3.8) is 0 Å². The minimum absolute atomic E-state index is 0.408. The Morgan fingerprint density at radius 3 is 2.67 bits per heavy atom. The van der Waals surface area contributed by atoms with Gasteiger partial charge in [-0.25, -0.2) is 4.79 Å². The van der Waals surface area contributed by atoms with E-state index in [2.05, 4.69) is 5.32 Å². The molecule has 0 bridgehead atoms. The third-order valence-corrected chi connectivity index (χ3v) is 2.97. The summed E-state index contributed by atoms with van der Waals surface area (Å²) in [6.07, 6.45) is 2.46. The topological polar surface area (TPSA) is 64.6 Å². The lowest BCUT2D eigenvalue weighted by molar-refractivity contribution is 0.0635. The van der Waals surface area contributed by atoms with E-state index in [1.807, 2.05) is 0 Å². The molecule has 1 aromatic rings. The van der Waals surface area contributed by atoms with E-state index in [1.165, 1.54) is 0 Å². The van der Waals surface area contributed by atoms with E-state index in [4.69, 9.17) is 9.47 Å². The van der Waals surface area contributed by atoms with Gasteiger partial charge in [-0.15, -0.1) is 0 Å². The van der Waals surface area contributed by atoms with Crippen molar-refractivity contribution in [2.75, 3.05) is 11.9 Å². The second-order valence-corrected chi connectivity index (χ2v) is 6.22. The van der Waals surface area contributed by atoms with Crippen LogP contribution in [0.25, 0.3) is 0 Å². The smallest absolute Gasteiger partial charge is 0.412 e. The molecule has 1 aliphatic rings. The van der Waals surface area contributed by atoms with Crippen LogP contribution >= 0.6 is 0 Å². The van der Waals surface area contributed by atoms with Crippen LogP contribution in [0, 0.1) is 5.92 Å². The molecule has 0 spiro atoms. The third kappa shape index (κ3) is 4.77. The minimum Gasteiger partial charge on any atom is -0.490 e. The number of hydrogen-bond donors (Lipinski definition) is 1. The second kappa shape index (κ2) is 6.16. The summed E-state index contributed by atoms with van der Waals surface area (Å²) >= 11 is 0. The van der Waals surface area contributed by atoms with Crippen molar-refractivity contribution >= 4 is 18.1 Å². The zero-order valence-electron chi connectivity index (χ0n) is 12.6. The Morgan fingerprint density at radius 1 is 1.38 bits per heavy atom. The molecule has 1 aliphatic carbocycles. The van der Waals surface area contributed by atoms with Crippen molar-refractivity contribution in [1.82, 2.24) is 0 Å². The SMILES string of the molecule is CC(C)(C)OC(=O)Nc1cccc(C=O)c1OCC1CC1. The van der Waals surface area contributed by atoms with Crippen molar-refractivity contribution in [3.05, 3.63) is 23.8 Å². The van der Waals surface area contributed by atoms with Gasteiger partial charge in [-0.05, 0) is 51.7 Å². The Balaban J connectivity index is 2.12. The van der Waals surface area contributed by atoms with Crippen molar-refractivity contribution in [1.29, 1.82) is 0 Å². The quantitative estimate of drug-likeness (QED) is 0.841. The first kappa shape index (κ1) is 15.4. The molecule has 0 aromatic heterocycles. The predicted molar refractivity (Wildman–Crippen MR) is 79.9 cm³/mol. The molecule has 114 valence electrons. The Kier molecular flexibility index (Phi) is 4.50. The standard InChI is InChI=1S/C16H21NO4/c1-16(2,3)21-15(19)17-13-6-4-5-12(9-18)14(13)20-10-11-7-8-11/h4-6,9,11H,7-8,10H2,1-3H3,(H,17,19). The Morgan fingerprint density at radius 2 is 2.10 bits per heavy atom. The van der Waals surface area contributed by atoms with Crippen LogP contribution in [0.15, 0.2) is 18.2 Å². The molecule has 0 heterocycles. The molecule has 1 saturated carbocycles. The summed E-state index contributed by atoms with van der Waals surface area (Å²) in [5, 5.41) is 2.64. The fourth-order valence-electron chi connectivity index (χ4n) is 1.81. The normalized spacial score (nSPS) is 14.4. The van der Waals surface area contributed by atoms with Crippen LogP contribution in [0.4, 0.5) is 10.5 Å².